The van der Waals surface area contributed by atoms with Crippen molar-refractivity contribution in [2.75, 3.05) is 5.43 Å². The zero-order valence-electron chi connectivity index (χ0n) is 15.0. The van der Waals surface area contributed by atoms with Crippen molar-refractivity contribution in [3.63, 3.8) is 0 Å². The zero-order valence-corrected chi connectivity index (χ0v) is 15.0. The first-order valence-corrected chi connectivity index (χ1v) is 8.62. The number of nitrogens with one attached hydrogen (secondary N) is 2. The maximum atomic E-state index is 12.6. The first-order chi connectivity index (χ1) is 12.6. The van der Waals surface area contributed by atoms with Crippen molar-refractivity contribution in [2.45, 2.75) is 26.7 Å². The predicted molar refractivity (Wildman–Crippen MR) is 103 cm³/mol. The van der Waals surface area contributed by atoms with Gasteiger partial charge >= 0.3 is 0 Å². The molecule has 0 aliphatic heterocycles. The van der Waals surface area contributed by atoms with Gasteiger partial charge in [0.2, 0.25) is 5.95 Å². The van der Waals surface area contributed by atoms with E-state index in [2.05, 4.69) is 33.0 Å². The van der Waals surface area contributed by atoms with Crippen molar-refractivity contribution in [2.24, 2.45) is 0 Å². The van der Waals surface area contributed by atoms with Crippen LogP contribution in [0.25, 0.3) is 0 Å². The van der Waals surface area contributed by atoms with Crippen LogP contribution >= 0.6 is 0 Å². The molecule has 0 atom stereocenters. The molecule has 0 bridgehead atoms. The van der Waals surface area contributed by atoms with Gasteiger partial charge in [-0.1, -0.05) is 48.5 Å². The Morgan fingerprint density at radius 2 is 1.54 bits per heavy atom. The van der Waals surface area contributed by atoms with Crippen LogP contribution in [0.5, 0.6) is 0 Å². The van der Waals surface area contributed by atoms with Crippen LogP contribution in [0.4, 0.5) is 5.95 Å². The number of benzene rings is 2. The van der Waals surface area contributed by atoms with Crippen LogP contribution < -0.4 is 10.9 Å². The monoisotopic (exact) mass is 346 g/mol. The Kier molecular flexibility index (Phi) is 5.59. The van der Waals surface area contributed by atoms with Crippen LogP contribution in [0.2, 0.25) is 0 Å². The molecule has 2 aromatic carbocycles. The number of carbonyl (C=O) groups excluding carboxylic acids is 1. The summed E-state index contributed by atoms with van der Waals surface area (Å²) in [6, 6.07) is 19.8. The second-order valence-corrected chi connectivity index (χ2v) is 6.20. The minimum atomic E-state index is -0.198. The fourth-order valence-corrected chi connectivity index (χ4v) is 2.85. The summed E-state index contributed by atoms with van der Waals surface area (Å²) >= 11 is 0. The number of carbonyl (C=O) groups is 1. The average Bonchev–Trinajstić information content (AvgIpc) is 2.65. The highest BCUT2D eigenvalue weighted by molar-refractivity contribution is 5.96. The number of nitrogens with zero attached hydrogens (tertiary/aromatic N) is 2. The van der Waals surface area contributed by atoms with Gasteiger partial charge in [0.25, 0.3) is 5.91 Å². The molecule has 0 aliphatic carbocycles. The third-order valence-electron chi connectivity index (χ3n) is 4.06. The largest absolute Gasteiger partial charge is 0.269 e. The van der Waals surface area contributed by atoms with E-state index in [0.717, 1.165) is 29.8 Å². The molecule has 1 amide bonds. The maximum absolute atomic E-state index is 12.6. The second kappa shape index (κ2) is 8.25. The van der Waals surface area contributed by atoms with E-state index in [9.17, 15) is 4.79 Å². The van der Waals surface area contributed by atoms with E-state index in [0.29, 0.717) is 11.5 Å². The first kappa shape index (κ1) is 17.6. The van der Waals surface area contributed by atoms with Crippen LogP contribution in [0.3, 0.4) is 0 Å². The highest BCUT2D eigenvalue weighted by Crippen LogP contribution is 2.13. The standard InChI is InChI=1S/C21H22N4O/c1-15-14-16(2)23-21(22-15)25-24-20(26)19-11-7-6-10-18(19)13-12-17-8-4-3-5-9-17/h3-11,14H,12-13H2,1-2H3,(H,24,26)(H,22,23,25). The summed E-state index contributed by atoms with van der Waals surface area (Å²) in [5.74, 6) is 0.189. The summed E-state index contributed by atoms with van der Waals surface area (Å²) in [7, 11) is 0. The summed E-state index contributed by atoms with van der Waals surface area (Å²) in [5.41, 5.74) is 10.1. The number of hydrogen-bond acceptors (Lipinski definition) is 4. The van der Waals surface area contributed by atoms with Crippen molar-refractivity contribution >= 4 is 11.9 Å². The number of amides is 1. The fraction of sp³-hybridized carbons (Fsp3) is 0.190. The second-order valence-electron chi connectivity index (χ2n) is 6.20. The minimum Gasteiger partial charge on any atom is -0.267 e. The van der Waals surface area contributed by atoms with Gasteiger partial charge in [-0.05, 0) is 49.9 Å². The van der Waals surface area contributed by atoms with E-state index in [-0.39, 0.29) is 5.91 Å². The van der Waals surface area contributed by atoms with Crippen LogP contribution in [0.15, 0.2) is 60.7 Å². The molecule has 0 saturated carbocycles. The lowest BCUT2D eigenvalue weighted by Crippen LogP contribution is -2.31. The molecular weight excluding hydrogens is 324 g/mol. The smallest absolute Gasteiger partial charge is 0.267 e. The Morgan fingerprint density at radius 3 is 2.27 bits per heavy atom. The molecule has 0 radical (unpaired) electrons. The van der Waals surface area contributed by atoms with E-state index < -0.39 is 0 Å². The highest BCUT2D eigenvalue weighted by Gasteiger charge is 2.11. The Bertz CT molecular complexity index is 873. The van der Waals surface area contributed by atoms with Gasteiger partial charge in [0.1, 0.15) is 0 Å². The lowest BCUT2D eigenvalue weighted by molar-refractivity contribution is 0.0961. The van der Waals surface area contributed by atoms with Gasteiger partial charge in [-0.2, -0.15) is 0 Å². The molecule has 0 fully saturated rings. The third kappa shape index (κ3) is 4.66. The summed E-state index contributed by atoms with van der Waals surface area (Å²) < 4.78 is 0. The quantitative estimate of drug-likeness (QED) is 0.669. The topological polar surface area (TPSA) is 66.9 Å². The van der Waals surface area contributed by atoms with Gasteiger partial charge in [-0.15, -0.1) is 0 Å². The Morgan fingerprint density at radius 1 is 0.885 bits per heavy atom. The molecule has 5 nitrogen and oxygen atoms in total. The van der Waals surface area contributed by atoms with E-state index in [1.54, 1.807) is 0 Å². The lowest BCUT2D eigenvalue weighted by Gasteiger charge is -2.11. The number of rotatable bonds is 6. The number of aryl methyl sites for hydroxylation is 4. The van der Waals surface area contributed by atoms with Gasteiger partial charge < -0.3 is 0 Å². The first-order valence-electron chi connectivity index (χ1n) is 8.62. The maximum Gasteiger partial charge on any atom is 0.269 e. The molecule has 0 spiro atoms. The van der Waals surface area contributed by atoms with Gasteiger partial charge in [0.15, 0.2) is 0 Å². The van der Waals surface area contributed by atoms with Gasteiger partial charge in [-0.3, -0.25) is 15.6 Å². The summed E-state index contributed by atoms with van der Waals surface area (Å²) in [5, 5.41) is 0. The van der Waals surface area contributed by atoms with Crippen LogP contribution in [0, 0.1) is 13.8 Å². The number of hydrazine groups is 1. The van der Waals surface area contributed by atoms with E-state index >= 15 is 0 Å². The number of aromatic nitrogens is 2. The van der Waals surface area contributed by atoms with E-state index in [1.165, 1.54) is 5.56 Å². The molecule has 1 heterocycles. The molecule has 1 aromatic heterocycles. The zero-order chi connectivity index (χ0) is 18.4. The SMILES string of the molecule is Cc1cc(C)nc(NNC(=O)c2ccccc2CCc2ccccc2)n1. The number of anilines is 1. The van der Waals surface area contributed by atoms with Crippen LogP contribution in [0.1, 0.15) is 32.9 Å². The van der Waals surface area contributed by atoms with Crippen molar-refractivity contribution in [3.05, 3.63) is 88.7 Å². The molecular formula is C21H22N4O. The number of hydrogen-bond donors (Lipinski definition) is 2. The molecule has 0 saturated heterocycles. The predicted octanol–water partition coefficient (Wildman–Crippen LogP) is 3.64. The molecule has 0 aliphatic rings. The third-order valence-corrected chi connectivity index (χ3v) is 4.06. The highest BCUT2D eigenvalue weighted by atomic mass is 16.2. The van der Waals surface area contributed by atoms with Crippen molar-refractivity contribution in [1.29, 1.82) is 0 Å². The summed E-state index contributed by atoms with van der Waals surface area (Å²) in [6.07, 6.45) is 1.69. The van der Waals surface area contributed by atoms with Crippen molar-refractivity contribution in [3.8, 4) is 0 Å². The molecule has 132 valence electrons. The molecule has 26 heavy (non-hydrogen) atoms. The van der Waals surface area contributed by atoms with Crippen LogP contribution in [-0.2, 0) is 12.8 Å². The van der Waals surface area contributed by atoms with Crippen molar-refractivity contribution < 1.29 is 4.79 Å². The van der Waals surface area contributed by atoms with E-state index in [4.69, 9.17) is 0 Å². The Hall–Kier alpha value is -3.21. The lowest BCUT2D eigenvalue weighted by atomic mass is 9.99. The molecule has 5 heteroatoms. The normalized spacial score (nSPS) is 10.4. The van der Waals surface area contributed by atoms with Gasteiger partial charge in [0, 0.05) is 17.0 Å². The Labute approximate surface area is 153 Å². The van der Waals surface area contributed by atoms with E-state index in [1.807, 2.05) is 62.4 Å². The van der Waals surface area contributed by atoms with Crippen LogP contribution in [-0.4, -0.2) is 15.9 Å². The fourth-order valence-electron chi connectivity index (χ4n) is 2.85. The molecule has 3 aromatic rings. The average molecular weight is 346 g/mol. The summed E-state index contributed by atoms with van der Waals surface area (Å²) in [6.45, 7) is 3.78. The Balaban J connectivity index is 1.67. The van der Waals surface area contributed by atoms with Crippen molar-refractivity contribution in [1.82, 2.24) is 15.4 Å². The van der Waals surface area contributed by atoms with Gasteiger partial charge in [0.05, 0.1) is 0 Å². The summed E-state index contributed by atoms with van der Waals surface area (Å²) in [4.78, 5) is 21.1. The molecule has 3 rings (SSSR count). The minimum absolute atomic E-state index is 0.198. The van der Waals surface area contributed by atoms with Gasteiger partial charge in [-0.25, -0.2) is 9.97 Å². The molecule has 0 unspecified atom stereocenters. The molecule has 2 N–H and O–H groups in total.